The molecule has 13 heavy (non-hydrogen) atoms. The molecule has 1 rings (SSSR count). The van der Waals surface area contributed by atoms with Crippen molar-refractivity contribution in [1.29, 1.82) is 0 Å². The lowest BCUT2D eigenvalue weighted by Crippen LogP contribution is -2.06. The van der Waals surface area contributed by atoms with Crippen molar-refractivity contribution in [1.82, 2.24) is 10.2 Å². The van der Waals surface area contributed by atoms with E-state index >= 15 is 0 Å². The molecule has 0 fully saturated rings. The second-order valence-corrected chi connectivity index (χ2v) is 3.48. The standard InChI is InChI=1S/C7H9BrN2O3/c1-3(2)13-6-4(8)5(7(11)12)9-10-6/h3H,1-2H3,(H,9,10)(H,11,12). The maximum atomic E-state index is 10.6. The summed E-state index contributed by atoms with van der Waals surface area (Å²) in [5, 5.41) is 14.7. The van der Waals surface area contributed by atoms with Gasteiger partial charge in [0.1, 0.15) is 4.47 Å². The normalized spacial score (nSPS) is 10.5. The molecule has 0 saturated carbocycles. The van der Waals surface area contributed by atoms with Gasteiger partial charge in [-0.2, -0.15) is 0 Å². The van der Waals surface area contributed by atoms with E-state index in [1.54, 1.807) is 0 Å². The van der Waals surface area contributed by atoms with Crippen LogP contribution in [0.2, 0.25) is 0 Å². The number of nitrogens with zero attached hydrogens (tertiary/aromatic N) is 1. The molecule has 2 N–H and O–H groups in total. The predicted octanol–water partition coefficient (Wildman–Crippen LogP) is 1.66. The van der Waals surface area contributed by atoms with Crippen LogP contribution >= 0.6 is 15.9 Å². The molecule has 0 atom stereocenters. The Morgan fingerprint density at radius 3 is 2.69 bits per heavy atom. The Kier molecular flexibility index (Phi) is 2.92. The van der Waals surface area contributed by atoms with Gasteiger partial charge < -0.3 is 9.84 Å². The molecule has 6 heteroatoms. The maximum absolute atomic E-state index is 10.6. The van der Waals surface area contributed by atoms with Gasteiger partial charge >= 0.3 is 5.97 Å². The van der Waals surface area contributed by atoms with E-state index in [1.165, 1.54) is 0 Å². The number of aromatic amines is 1. The van der Waals surface area contributed by atoms with Gasteiger partial charge in [0.05, 0.1) is 6.10 Å². The number of H-pyrrole nitrogens is 1. The van der Waals surface area contributed by atoms with Crippen molar-refractivity contribution in [3.05, 3.63) is 10.2 Å². The molecule has 72 valence electrons. The van der Waals surface area contributed by atoms with E-state index < -0.39 is 5.97 Å². The largest absolute Gasteiger partial charge is 0.476 e. The van der Waals surface area contributed by atoms with Crippen molar-refractivity contribution < 1.29 is 14.6 Å². The van der Waals surface area contributed by atoms with E-state index in [4.69, 9.17) is 9.84 Å². The van der Waals surface area contributed by atoms with Gasteiger partial charge in [-0.3, -0.25) is 5.10 Å². The quantitative estimate of drug-likeness (QED) is 0.854. The third-order valence-electron chi connectivity index (χ3n) is 1.24. The fourth-order valence-electron chi connectivity index (χ4n) is 0.755. The highest BCUT2D eigenvalue weighted by atomic mass is 79.9. The zero-order chi connectivity index (χ0) is 10.0. The summed E-state index contributed by atoms with van der Waals surface area (Å²) in [5.41, 5.74) is -0.00403. The van der Waals surface area contributed by atoms with E-state index in [0.29, 0.717) is 4.47 Å². The first kappa shape index (κ1) is 10.0. The van der Waals surface area contributed by atoms with Crippen LogP contribution in [0.3, 0.4) is 0 Å². The van der Waals surface area contributed by atoms with E-state index in [1.807, 2.05) is 13.8 Å². The monoisotopic (exact) mass is 248 g/mol. The molecular weight excluding hydrogens is 240 g/mol. The topological polar surface area (TPSA) is 75.2 Å². The zero-order valence-corrected chi connectivity index (χ0v) is 8.75. The Morgan fingerprint density at radius 1 is 1.69 bits per heavy atom. The highest BCUT2D eigenvalue weighted by Crippen LogP contribution is 2.26. The molecule has 1 heterocycles. The maximum Gasteiger partial charge on any atom is 0.355 e. The Bertz CT molecular complexity index is 322. The first-order chi connectivity index (χ1) is 6.02. The summed E-state index contributed by atoms with van der Waals surface area (Å²) in [6.45, 7) is 3.67. The van der Waals surface area contributed by atoms with Gasteiger partial charge in [0.15, 0.2) is 5.69 Å². The smallest absolute Gasteiger partial charge is 0.355 e. The number of aromatic nitrogens is 2. The van der Waals surface area contributed by atoms with Crippen LogP contribution in [0, 0.1) is 0 Å². The zero-order valence-electron chi connectivity index (χ0n) is 7.17. The number of hydrogen-bond donors (Lipinski definition) is 2. The highest BCUT2D eigenvalue weighted by molar-refractivity contribution is 9.10. The molecule has 0 spiro atoms. The number of carboxylic acids is 1. The predicted molar refractivity (Wildman–Crippen MR) is 49.0 cm³/mol. The number of aromatic carboxylic acids is 1. The van der Waals surface area contributed by atoms with Crippen LogP contribution in [0.25, 0.3) is 0 Å². The molecule has 1 aromatic heterocycles. The summed E-state index contributed by atoms with van der Waals surface area (Å²) in [5.74, 6) is -0.801. The van der Waals surface area contributed by atoms with Crippen molar-refractivity contribution in [2.75, 3.05) is 0 Å². The third kappa shape index (κ3) is 2.21. The number of halogens is 1. The van der Waals surface area contributed by atoms with E-state index in [0.717, 1.165) is 0 Å². The van der Waals surface area contributed by atoms with Gasteiger partial charge in [0, 0.05) is 0 Å². The number of carbonyl (C=O) groups is 1. The van der Waals surface area contributed by atoms with Crippen LogP contribution in [-0.4, -0.2) is 27.4 Å². The SMILES string of the molecule is CC(C)Oc1n[nH]c(C(=O)O)c1Br. The molecule has 0 amide bonds. The van der Waals surface area contributed by atoms with Crippen LogP contribution in [0.15, 0.2) is 4.47 Å². The molecule has 0 aliphatic carbocycles. The summed E-state index contributed by atoms with van der Waals surface area (Å²) in [7, 11) is 0. The summed E-state index contributed by atoms with van der Waals surface area (Å²) >= 11 is 3.08. The molecule has 0 bridgehead atoms. The molecule has 0 radical (unpaired) electrons. The first-order valence-electron chi connectivity index (χ1n) is 3.66. The first-order valence-corrected chi connectivity index (χ1v) is 4.45. The van der Waals surface area contributed by atoms with E-state index in [9.17, 15) is 4.79 Å². The minimum absolute atomic E-state index is 0.00403. The number of ether oxygens (including phenoxy) is 1. The average Bonchev–Trinajstić information content (AvgIpc) is 2.32. The molecule has 5 nitrogen and oxygen atoms in total. The fourth-order valence-corrected chi connectivity index (χ4v) is 1.20. The van der Waals surface area contributed by atoms with Crippen molar-refractivity contribution in [3.8, 4) is 5.88 Å². The highest BCUT2D eigenvalue weighted by Gasteiger charge is 2.17. The van der Waals surface area contributed by atoms with Crippen LogP contribution < -0.4 is 4.74 Å². The minimum atomic E-state index is -1.07. The lowest BCUT2D eigenvalue weighted by Gasteiger charge is -2.05. The van der Waals surface area contributed by atoms with Crippen molar-refractivity contribution >= 4 is 21.9 Å². The third-order valence-corrected chi connectivity index (χ3v) is 1.97. The molecule has 0 saturated heterocycles. The van der Waals surface area contributed by atoms with Gasteiger partial charge in [-0.25, -0.2) is 4.79 Å². The average molecular weight is 249 g/mol. The number of hydrogen-bond acceptors (Lipinski definition) is 3. The molecule has 0 aromatic carbocycles. The van der Waals surface area contributed by atoms with Crippen molar-refractivity contribution in [2.45, 2.75) is 20.0 Å². The molecular formula is C7H9BrN2O3. The minimum Gasteiger partial charge on any atom is -0.476 e. The van der Waals surface area contributed by atoms with Crippen molar-refractivity contribution in [3.63, 3.8) is 0 Å². The Hall–Kier alpha value is -1.04. The molecule has 0 aliphatic rings. The Morgan fingerprint density at radius 2 is 2.31 bits per heavy atom. The van der Waals surface area contributed by atoms with Gasteiger partial charge in [0.2, 0.25) is 5.88 Å². The Labute approximate surface area is 83.2 Å². The van der Waals surface area contributed by atoms with Crippen LogP contribution in [0.1, 0.15) is 24.3 Å². The van der Waals surface area contributed by atoms with Crippen LogP contribution in [0.4, 0.5) is 0 Å². The lowest BCUT2D eigenvalue weighted by atomic mass is 10.4. The molecule has 1 aromatic rings. The lowest BCUT2D eigenvalue weighted by molar-refractivity contribution is 0.0689. The van der Waals surface area contributed by atoms with E-state index in [2.05, 4.69) is 26.1 Å². The molecule has 0 unspecified atom stereocenters. The number of rotatable bonds is 3. The van der Waals surface area contributed by atoms with Crippen LogP contribution in [0.5, 0.6) is 5.88 Å². The van der Waals surface area contributed by atoms with Gasteiger partial charge in [0.25, 0.3) is 0 Å². The number of carboxylic acid groups (broad SMARTS) is 1. The summed E-state index contributed by atoms with van der Waals surface area (Å²) < 4.78 is 5.56. The van der Waals surface area contributed by atoms with Gasteiger partial charge in [-0.1, -0.05) is 0 Å². The summed E-state index contributed by atoms with van der Waals surface area (Å²) in [6, 6.07) is 0. The van der Waals surface area contributed by atoms with Gasteiger partial charge in [-0.15, -0.1) is 5.10 Å². The van der Waals surface area contributed by atoms with Gasteiger partial charge in [-0.05, 0) is 29.8 Å². The van der Waals surface area contributed by atoms with Crippen molar-refractivity contribution in [2.24, 2.45) is 0 Å². The fraction of sp³-hybridized carbons (Fsp3) is 0.429. The summed E-state index contributed by atoms with van der Waals surface area (Å²) in [6.07, 6.45) is -0.0405. The number of nitrogens with one attached hydrogen (secondary N) is 1. The Balaban J connectivity index is 2.93. The molecule has 0 aliphatic heterocycles. The van der Waals surface area contributed by atoms with Crippen LogP contribution in [-0.2, 0) is 0 Å². The summed E-state index contributed by atoms with van der Waals surface area (Å²) in [4.78, 5) is 10.6. The van der Waals surface area contributed by atoms with E-state index in [-0.39, 0.29) is 17.7 Å². The second kappa shape index (κ2) is 3.78. The second-order valence-electron chi connectivity index (χ2n) is 2.69.